The third-order valence-corrected chi connectivity index (χ3v) is 2.14. The van der Waals surface area contributed by atoms with E-state index in [1.807, 2.05) is 30.3 Å². The second kappa shape index (κ2) is 7.29. The van der Waals surface area contributed by atoms with Crippen LogP contribution >= 0.6 is 0 Å². The van der Waals surface area contributed by atoms with Crippen molar-refractivity contribution in [3.63, 3.8) is 0 Å². The van der Waals surface area contributed by atoms with E-state index < -0.39 is 18.0 Å². The fraction of sp³-hybridized carbons (Fsp3) is 0.333. The maximum Gasteiger partial charge on any atom is 0.408 e. The Hall–Kier alpha value is -2.08. The Morgan fingerprint density at radius 3 is 2.56 bits per heavy atom. The lowest BCUT2D eigenvalue weighted by molar-refractivity contribution is -0.132. The first-order valence-corrected chi connectivity index (χ1v) is 5.43. The summed E-state index contributed by atoms with van der Waals surface area (Å²) in [6.45, 7) is 1.68. The molecule has 2 N–H and O–H groups in total. The van der Waals surface area contributed by atoms with Crippen LogP contribution in [0.3, 0.4) is 0 Å². The molecule has 1 atom stereocenters. The van der Waals surface area contributed by atoms with Crippen molar-refractivity contribution in [1.29, 1.82) is 0 Å². The van der Waals surface area contributed by atoms with Crippen LogP contribution < -0.4 is 10.8 Å². The molecule has 0 bridgehead atoms. The van der Waals surface area contributed by atoms with E-state index in [-0.39, 0.29) is 6.61 Å². The van der Waals surface area contributed by atoms with Crippen molar-refractivity contribution in [2.45, 2.75) is 19.6 Å². The van der Waals surface area contributed by atoms with Crippen LogP contribution in [0.25, 0.3) is 0 Å². The number of ether oxygens (including phenoxy) is 1. The van der Waals surface area contributed by atoms with Crippen LogP contribution in [-0.2, 0) is 21.0 Å². The molecule has 18 heavy (non-hydrogen) atoms. The van der Waals surface area contributed by atoms with E-state index >= 15 is 0 Å². The lowest BCUT2D eigenvalue weighted by Crippen LogP contribution is -2.44. The van der Waals surface area contributed by atoms with Crippen LogP contribution in [0.1, 0.15) is 12.5 Å². The van der Waals surface area contributed by atoms with E-state index in [9.17, 15) is 9.59 Å². The monoisotopic (exact) mass is 252 g/mol. The van der Waals surface area contributed by atoms with Crippen molar-refractivity contribution in [1.82, 2.24) is 10.8 Å². The van der Waals surface area contributed by atoms with Crippen molar-refractivity contribution < 1.29 is 19.2 Å². The third kappa shape index (κ3) is 4.84. The molecule has 0 saturated carbocycles. The summed E-state index contributed by atoms with van der Waals surface area (Å²) < 4.78 is 4.96. The van der Waals surface area contributed by atoms with E-state index in [4.69, 9.17) is 4.74 Å². The van der Waals surface area contributed by atoms with E-state index in [0.29, 0.717) is 0 Å². The number of carbonyl (C=O) groups excluding carboxylic acids is 2. The maximum atomic E-state index is 11.4. The molecule has 0 aliphatic rings. The zero-order valence-corrected chi connectivity index (χ0v) is 10.3. The number of nitrogens with one attached hydrogen (secondary N) is 2. The van der Waals surface area contributed by atoms with Gasteiger partial charge < -0.3 is 10.1 Å². The molecular formula is C12H16N2O4. The minimum atomic E-state index is -0.728. The van der Waals surface area contributed by atoms with Gasteiger partial charge in [0, 0.05) is 0 Å². The van der Waals surface area contributed by atoms with Crippen molar-refractivity contribution in [2.24, 2.45) is 0 Å². The first-order valence-electron chi connectivity index (χ1n) is 5.43. The number of benzene rings is 1. The molecular weight excluding hydrogens is 236 g/mol. The highest BCUT2D eigenvalue weighted by atomic mass is 16.6. The molecule has 1 aromatic carbocycles. The van der Waals surface area contributed by atoms with Crippen LogP contribution in [0.5, 0.6) is 0 Å². The molecule has 1 aromatic rings. The average Bonchev–Trinajstić information content (AvgIpc) is 2.38. The second-order valence-corrected chi connectivity index (χ2v) is 3.60. The number of hydrogen-bond donors (Lipinski definition) is 2. The van der Waals surface area contributed by atoms with E-state index in [0.717, 1.165) is 5.56 Å². The van der Waals surface area contributed by atoms with Crippen molar-refractivity contribution in [3.8, 4) is 0 Å². The Balaban J connectivity index is 2.31. The van der Waals surface area contributed by atoms with Gasteiger partial charge in [0.05, 0.1) is 7.11 Å². The summed E-state index contributed by atoms with van der Waals surface area (Å²) in [6, 6.07) is 8.54. The number of amides is 2. The molecule has 0 aromatic heterocycles. The lowest BCUT2D eigenvalue weighted by atomic mass is 10.2. The molecule has 0 heterocycles. The van der Waals surface area contributed by atoms with E-state index in [1.54, 1.807) is 0 Å². The first kappa shape index (κ1) is 14.0. The highest BCUT2D eigenvalue weighted by Crippen LogP contribution is 2.00. The molecule has 98 valence electrons. The summed E-state index contributed by atoms with van der Waals surface area (Å²) >= 11 is 0. The molecule has 6 nitrogen and oxygen atoms in total. The molecule has 1 unspecified atom stereocenters. The molecule has 0 saturated heterocycles. The predicted octanol–water partition coefficient (Wildman–Crippen LogP) is 0.979. The van der Waals surface area contributed by atoms with E-state index in [2.05, 4.69) is 15.6 Å². The summed E-state index contributed by atoms with van der Waals surface area (Å²) in [4.78, 5) is 27.1. The molecule has 6 heteroatoms. The Morgan fingerprint density at radius 2 is 1.94 bits per heavy atom. The van der Waals surface area contributed by atoms with Gasteiger partial charge in [-0.25, -0.2) is 10.3 Å². The SMILES string of the molecule is CONC(=O)C(C)NC(=O)OCc1ccccc1. The molecule has 0 aliphatic heterocycles. The van der Waals surface area contributed by atoms with E-state index in [1.165, 1.54) is 14.0 Å². The van der Waals surface area contributed by atoms with Crippen molar-refractivity contribution in [3.05, 3.63) is 35.9 Å². The lowest BCUT2D eigenvalue weighted by Gasteiger charge is -2.13. The molecule has 0 radical (unpaired) electrons. The highest BCUT2D eigenvalue weighted by molar-refractivity contribution is 5.84. The number of rotatable bonds is 5. The molecule has 0 aliphatic carbocycles. The van der Waals surface area contributed by atoms with Gasteiger partial charge in [0.15, 0.2) is 0 Å². The topological polar surface area (TPSA) is 76.7 Å². The van der Waals surface area contributed by atoms with Gasteiger partial charge in [-0.3, -0.25) is 9.63 Å². The normalized spacial score (nSPS) is 11.4. The standard InChI is InChI=1S/C12H16N2O4/c1-9(11(15)14-17-2)13-12(16)18-8-10-6-4-3-5-7-10/h3-7,9H,8H2,1-2H3,(H,13,16)(H,14,15). The summed E-state index contributed by atoms with van der Waals surface area (Å²) in [5.41, 5.74) is 2.99. The molecule has 1 rings (SSSR count). The highest BCUT2D eigenvalue weighted by Gasteiger charge is 2.15. The Morgan fingerprint density at radius 1 is 1.28 bits per heavy atom. The van der Waals surface area contributed by atoms with Gasteiger partial charge in [0.2, 0.25) is 0 Å². The fourth-order valence-electron chi connectivity index (χ4n) is 1.20. The van der Waals surface area contributed by atoms with Crippen LogP contribution in [0.15, 0.2) is 30.3 Å². The predicted molar refractivity (Wildman–Crippen MR) is 64.4 cm³/mol. The Kier molecular flexibility index (Phi) is 5.66. The largest absolute Gasteiger partial charge is 0.445 e. The average molecular weight is 252 g/mol. The zero-order valence-electron chi connectivity index (χ0n) is 10.3. The first-order chi connectivity index (χ1) is 8.63. The number of alkyl carbamates (subject to hydrolysis) is 1. The van der Waals surface area contributed by atoms with Gasteiger partial charge >= 0.3 is 6.09 Å². The summed E-state index contributed by atoms with van der Waals surface area (Å²) in [6.07, 6.45) is -0.655. The van der Waals surface area contributed by atoms with Gasteiger partial charge in [0.25, 0.3) is 5.91 Å². The van der Waals surface area contributed by atoms with Gasteiger partial charge in [-0.05, 0) is 12.5 Å². The Bertz CT molecular complexity index is 394. The van der Waals surface area contributed by atoms with Gasteiger partial charge in [-0.15, -0.1) is 0 Å². The summed E-state index contributed by atoms with van der Waals surface area (Å²) in [7, 11) is 1.32. The summed E-state index contributed by atoms with van der Waals surface area (Å²) in [5.74, 6) is -0.450. The fourth-order valence-corrected chi connectivity index (χ4v) is 1.20. The molecule has 2 amide bonds. The zero-order chi connectivity index (χ0) is 13.4. The van der Waals surface area contributed by atoms with Crippen molar-refractivity contribution in [2.75, 3.05) is 7.11 Å². The minimum Gasteiger partial charge on any atom is -0.445 e. The van der Waals surface area contributed by atoms with Gasteiger partial charge in [-0.1, -0.05) is 30.3 Å². The second-order valence-electron chi connectivity index (χ2n) is 3.60. The third-order valence-electron chi connectivity index (χ3n) is 2.14. The van der Waals surface area contributed by atoms with Crippen LogP contribution in [-0.4, -0.2) is 25.2 Å². The Labute approximate surface area is 105 Å². The smallest absolute Gasteiger partial charge is 0.408 e. The maximum absolute atomic E-state index is 11.4. The summed E-state index contributed by atoms with van der Waals surface area (Å²) in [5, 5.41) is 2.38. The number of hydroxylamine groups is 1. The van der Waals surface area contributed by atoms with Crippen LogP contribution in [0.2, 0.25) is 0 Å². The quantitative estimate of drug-likeness (QED) is 0.766. The number of hydrogen-bond acceptors (Lipinski definition) is 4. The van der Waals surface area contributed by atoms with Crippen LogP contribution in [0.4, 0.5) is 4.79 Å². The van der Waals surface area contributed by atoms with Gasteiger partial charge in [-0.2, -0.15) is 0 Å². The van der Waals surface area contributed by atoms with Crippen molar-refractivity contribution >= 4 is 12.0 Å². The minimum absolute atomic E-state index is 0.158. The molecule has 0 spiro atoms. The molecule has 0 fully saturated rings. The number of carbonyl (C=O) groups is 2. The van der Waals surface area contributed by atoms with Gasteiger partial charge in [0.1, 0.15) is 12.6 Å². The van der Waals surface area contributed by atoms with Crippen LogP contribution in [0, 0.1) is 0 Å².